The summed E-state index contributed by atoms with van der Waals surface area (Å²) < 4.78 is 4.68. The molecule has 2 N–H and O–H groups in total. The molecular weight excluding hydrogens is 332 g/mol. The molecule has 0 heterocycles. The molecule has 7 unspecified atom stereocenters. The summed E-state index contributed by atoms with van der Waals surface area (Å²) in [7, 11) is 1.31. The molecule has 0 aliphatic rings. The van der Waals surface area contributed by atoms with Crippen LogP contribution in [0.4, 0.5) is 0 Å². The summed E-state index contributed by atoms with van der Waals surface area (Å²) in [4.78, 5) is 24.1. The van der Waals surface area contributed by atoms with Crippen LogP contribution in [0, 0.1) is 29.6 Å². The number of hydrogen-bond acceptors (Lipinski definition) is 5. The summed E-state index contributed by atoms with van der Waals surface area (Å²) in [5, 5.41) is 20.6. The predicted octanol–water partition coefficient (Wildman–Crippen LogP) is 3.38. The Labute approximate surface area is 158 Å². The van der Waals surface area contributed by atoms with E-state index in [4.69, 9.17) is 0 Å². The van der Waals surface area contributed by atoms with Crippen LogP contribution in [0.15, 0.2) is 11.6 Å². The summed E-state index contributed by atoms with van der Waals surface area (Å²) in [6.45, 7) is 13.0. The molecule has 0 aromatic rings. The van der Waals surface area contributed by atoms with Gasteiger partial charge in [0.2, 0.25) is 0 Å². The third-order valence-corrected chi connectivity index (χ3v) is 5.48. The molecule has 0 rings (SSSR count). The highest BCUT2D eigenvalue weighted by molar-refractivity contribution is 5.85. The zero-order valence-electron chi connectivity index (χ0n) is 17.7. The second-order valence-electron chi connectivity index (χ2n) is 7.85. The number of hydrogen-bond donors (Lipinski definition) is 2. The molecule has 7 atom stereocenters. The highest BCUT2D eigenvalue weighted by Gasteiger charge is 2.29. The summed E-state index contributed by atoms with van der Waals surface area (Å²) in [5.41, 5.74) is 0.986. The van der Waals surface area contributed by atoms with Gasteiger partial charge in [0.1, 0.15) is 5.78 Å². The topological polar surface area (TPSA) is 83.8 Å². The zero-order chi connectivity index (χ0) is 20.6. The Bertz CT molecular complexity index is 485. The van der Waals surface area contributed by atoms with E-state index in [1.807, 2.05) is 40.7 Å². The number of aliphatic hydroxyl groups excluding tert-OH is 2. The number of Topliss-reactive ketones (excluding diaryl/α,β-unsaturated/α-hetero) is 1. The minimum Gasteiger partial charge on any atom is -0.469 e. The van der Waals surface area contributed by atoms with E-state index in [2.05, 4.69) is 4.74 Å². The lowest BCUT2D eigenvalue weighted by atomic mass is 9.83. The molecule has 0 aliphatic carbocycles. The molecule has 0 saturated heterocycles. The molecule has 26 heavy (non-hydrogen) atoms. The number of esters is 1. The fraction of sp³-hybridized carbons (Fsp3) is 0.810. The lowest BCUT2D eigenvalue weighted by Gasteiger charge is -2.25. The fourth-order valence-corrected chi connectivity index (χ4v) is 3.34. The van der Waals surface area contributed by atoms with Crippen molar-refractivity contribution in [1.29, 1.82) is 0 Å². The Kier molecular flexibility index (Phi) is 11.0. The lowest BCUT2D eigenvalue weighted by molar-refractivity contribution is -0.149. The molecule has 0 fully saturated rings. The predicted molar refractivity (Wildman–Crippen MR) is 104 cm³/mol. The molecule has 0 aromatic carbocycles. The van der Waals surface area contributed by atoms with E-state index in [1.54, 1.807) is 13.8 Å². The maximum atomic E-state index is 12.6. The molecule has 0 bridgehead atoms. The van der Waals surface area contributed by atoms with E-state index in [-0.39, 0.29) is 23.5 Å². The van der Waals surface area contributed by atoms with Gasteiger partial charge in [0.05, 0.1) is 25.2 Å². The van der Waals surface area contributed by atoms with Gasteiger partial charge in [-0.3, -0.25) is 9.59 Å². The number of ether oxygens (including phenoxy) is 1. The third-order valence-electron chi connectivity index (χ3n) is 5.48. The molecule has 0 radical (unpaired) electrons. The smallest absolute Gasteiger partial charge is 0.311 e. The minimum atomic E-state index is -0.803. The minimum absolute atomic E-state index is 0.0216. The Balaban J connectivity index is 4.88. The van der Waals surface area contributed by atoms with Crippen molar-refractivity contribution in [3.05, 3.63) is 11.6 Å². The van der Waals surface area contributed by atoms with Gasteiger partial charge in [-0.15, -0.1) is 0 Å². The lowest BCUT2D eigenvalue weighted by Crippen LogP contribution is -2.34. The van der Waals surface area contributed by atoms with E-state index in [9.17, 15) is 19.8 Å². The Morgan fingerprint density at radius 1 is 0.962 bits per heavy atom. The van der Waals surface area contributed by atoms with Gasteiger partial charge in [0, 0.05) is 11.8 Å². The van der Waals surface area contributed by atoms with Gasteiger partial charge >= 0.3 is 5.97 Å². The second kappa shape index (κ2) is 11.5. The summed E-state index contributed by atoms with van der Waals surface area (Å²) in [5.74, 6) is -1.76. The van der Waals surface area contributed by atoms with Gasteiger partial charge < -0.3 is 14.9 Å². The first kappa shape index (κ1) is 24.8. The summed E-state index contributed by atoms with van der Waals surface area (Å²) >= 11 is 0. The second-order valence-corrected chi connectivity index (χ2v) is 7.85. The van der Waals surface area contributed by atoms with Crippen molar-refractivity contribution in [2.45, 2.75) is 73.5 Å². The van der Waals surface area contributed by atoms with E-state index in [1.165, 1.54) is 7.11 Å². The van der Waals surface area contributed by atoms with Crippen LogP contribution in [0.2, 0.25) is 0 Å². The van der Waals surface area contributed by atoms with Crippen LogP contribution in [-0.4, -0.2) is 41.3 Å². The summed E-state index contributed by atoms with van der Waals surface area (Å²) in [6, 6.07) is 0. The number of rotatable bonds is 11. The van der Waals surface area contributed by atoms with Crippen LogP contribution in [0.5, 0.6) is 0 Å². The number of carbonyl (C=O) groups is 2. The van der Waals surface area contributed by atoms with Crippen molar-refractivity contribution in [3.8, 4) is 0 Å². The van der Waals surface area contributed by atoms with Crippen molar-refractivity contribution in [3.63, 3.8) is 0 Å². The van der Waals surface area contributed by atoms with Crippen molar-refractivity contribution in [2.75, 3.05) is 7.11 Å². The number of methoxy groups -OCH3 is 1. The largest absolute Gasteiger partial charge is 0.469 e. The van der Waals surface area contributed by atoms with Gasteiger partial charge in [-0.2, -0.15) is 0 Å². The van der Waals surface area contributed by atoms with Gasteiger partial charge in [-0.25, -0.2) is 0 Å². The van der Waals surface area contributed by atoms with Crippen molar-refractivity contribution in [2.24, 2.45) is 29.6 Å². The molecular formula is C21H38O5. The maximum Gasteiger partial charge on any atom is 0.311 e. The fourth-order valence-electron chi connectivity index (χ4n) is 3.34. The molecule has 5 nitrogen and oxygen atoms in total. The van der Waals surface area contributed by atoms with E-state index in [0.29, 0.717) is 6.42 Å². The Morgan fingerprint density at radius 3 is 1.92 bits per heavy atom. The highest BCUT2D eigenvalue weighted by Crippen LogP contribution is 2.24. The van der Waals surface area contributed by atoms with Crippen LogP contribution < -0.4 is 0 Å². The van der Waals surface area contributed by atoms with E-state index >= 15 is 0 Å². The maximum absolute atomic E-state index is 12.6. The first-order valence-electron chi connectivity index (χ1n) is 9.62. The van der Waals surface area contributed by atoms with Gasteiger partial charge in [0.15, 0.2) is 0 Å². The zero-order valence-corrected chi connectivity index (χ0v) is 17.7. The number of aliphatic hydroxyl groups is 2. The van der Waals surface area contributed by atoms with Crippen LogP contribution in [-0.2, 0) is 14.3 Å². The third kappa shape index (κ3) is 7.20. The molecule has 152 valence electrons. The van der Waals surface area contributed by atoms with Crippen LogP contribution in [0.25, 0.3) is 0 Å². The van der Waals surface area contributed by atoms with Crippen molar-refractivity contribution >= 4 is 11.8 Å². The average molecular weight is 371 g/mol. The number of ketones is 1. The van der Waals surface area contributed by atoms with Crippen LogP contribution in [0.3, 0.4) is 0 Å². The van der Waals surface area contributed by atoms with Gasteiger partial charge in [-0.05, 0) is 32.1 Å². The first-order valence-corrected chi connectivity index (χ1v) is 9.62. The number of carbonyl (C=O) groups excluding carboxylic acids is 2. The van der Waals surface area contributed by atoms with Crippen LogP contribution in [0.1, 0.15) is 61.3 Å². The average Bonchev–Trinajstić information content (AvgIpc) is 2.62. The quantitative estimate of drug-likeness (QED) is 0.430. The molecule has 0 aromatic heterocycles. The van der Waals surface area contributed by atoms with E-state index < -0.39 is 30.0 Å². The Hall–Kier alpha value is -1.20. The van der Waals surface area contributed by atoms with Crippen molar-refractivity contribution < 1.29 is 24.5 Å². The van der Waals surface area contributed by atoms with Gasteiger partial charge in [-0.1, -0.05) is 52.7 Å². The van der Waals surface area contributed by atoms with Crippen molar-refractivity contribution in [1.82, 2.24) is 0 Å². The molecule has 0 spiro atoms. The normalized spacial score (nSPS) is 20.5. The molecule has 5 heteroatoms. The molecule has 0 amide bonds. The molecule has 0 saturated carbocycles. The molecule has 0 aliphatic heterocycles. The monoisotopic (exact) mass is 370 g/mol. The SMILES string of the molecule is CCC(C)C(O)C(C)C(=O)C(C)/C=C(\C)CC(C)C(O)C(C)C(=O)OC. The first-order chi connectivity index (χ1) is 12.0. The van der Waals surface area contributed by atoms with E-state index in [0.717, 1.165) is 12.0 Å². The summed E-state index contributed by atoms with van der Waals surface area (Å²) in [6.07, 6.45) is 1.88. The Morgan fingerprint density at radius 2 is 1.46 bits per heavy atom. The van der Waals surface area contributed by atoms with Gasteiger partial charge in [0.25, 0.3) is 0 Å². The highest BCUT2D eigenvalue weighted by atomic mass is 16.5. The van der Waals surface area contributed by atoms with Crippen LogP contribution >= 0.6 is 0 Å². The number of allylic oxidation sites excluding steroid dienone is 2. The standard InChI is InChI=1S/C21H38O5/c1-9-13(3)18(22)16(6)19(23)14(4)10-12(2)11-15(5)20(24)17(7)21(25)26-8/h10,13-18,20,22,24H,9,11H2,1-8H3/b12-10+.